The van der Waals surface area contributed by atoms with Gasteiger partial charge in [-0.1, -0.05) is 316 Å². The lowest BCUT2D eigenvalue weighted by atomic mass is 10.0. The Morgan fingerprint density at radius 1 is 0.429 bits per heavy atom. The summed E-state index contributed by atoms with van der Waals surface area (Å²) in [4.78, 5) is 23.2. The van der Waals surface area contributed by atoms with E-state index in [2.05, 4.69) is 19.2 Å². The molecule has 0 saturated carbocycles. The summed E-state index contributed by atoms with van der Waals surface area (Å²) >= 11 is 0. The number of nitrogens with one attached hydrogen (secondary N) is 1. The molecule has 3 N–H and O–H groups in total. The summed E-state index contributed by atoms with van der Waals surface area (Å²) in [6.45, 7) is 4.92. The summed E-state index contributed by atoms with van der Waals surface area (Å²) in [6.07, 6.45) is 65.1. The van der Waals surface area contributed by atoms with Crippen molar-refractivity contribution < 1.29 is 32.9 Å². The second kappa shape index (κ2) is 53.3. The van der Waals surface area contributed by atoms with Gasteiger partial charge in [-0.3, -0.25) is 13.8 Å². The van der Waals surface area contributed by atoms with Gasteiger partial charge in [0.15, 0.2) is 0 Å². The molecule has 0 spiro atoms. The van der Waals surface area contributed by atoms with Crippen LogP contribution in [0.1, 0.15) is 335 Å². The fourth-order valence-corrected chi connectivity index (χ4v) is 10.7. The number of aliphatic hydroxyl groups is 1. The number of rotatable bonds is 59. The van der Waals surface area contributed by atoms with Gasteiger partial charge in [-0.05, 0) is 12.8 Å². The molecule has 70 heavy (non-hydrogen) atoms. The SMILES string of the molecule is CCCCCCCCCCCCCCCCCCCCCCCCCCCCCCCCCCCCCCCCC(=O)NC(COP(=O)(O)OCC[N+](C)(C)C)C(O)CCCCCCCCCCCC. The number of amides is 1. The van der Waals surface area contributed by atoms with Crippen LogP contribution in [0.3, 0.4) is 0 Å². The Hall–Kier alpha value is -0.500. The zero-order valence-corrected chi connectivity index (χ0v) is 48.9. The number of carbonyl (C=O) groups excluding carboxylic acids is 1. The number of phosphoric ester groups is 1. The van der Waals surface area contributed by atoms with Gasteiger partial charge in [-0.2, -0.15) is 0 Å². The molecule has 3 atom stereocenters. The van der Waals surface area contributed by atoms with Gasteiger partial charge >= 0.3 is 7.82 Å². The van der Waals surface area contributed by atoms with Crippen LogP contribution in [0.2, 0.25) is 0 Å². The molecule has 0 bridgehead atoms. The van der Waals surface area contributed by atoms with Crippen molar-refractivity contribution in [3.8, 4) is 0 Å². The van der Waals surface area contributed by atoms with Gasteiger partial charge in [-0.15, -0.1) is 0 Å². The lowest BCUT2D eigenvalue weighted by Gasteiger charge is -2.26. The third-order valence-electron chi connectivity index (χ3n) is 14.9. The Labute approximate surface area is 438 Å². The fourth-order valence-electron chi connectivity index (χ4n) is 9.93. The zero-order valence-electron chi connectivity index (χ0n) is 48.1. The first kappa shape index (κ1) is 69.5. The van der Waals surface area contributed by atoms with Crippen LogP contribution in [-0.2, 0) is 18.4 Å². The Balaban J connectivity index is 3.75. The van der Waals surface area contributed by atoms with Gasteiger partial charge in [0.05, 0.1) is 39.9 Å². The second-order valence-electron chi connectivity index (χ2n) is 23.2. The maximum atomic E-state index is 13.0. The molecule has 0 saturated heterocycles. The van der Waals surface area contributed by atoms with Gasteiger partial charge in [0, 0.05) is 6.42 Å². The molecule has 0 heterocycles. The topological polar surface area (TPSA) is 105 Å². The van der Waals surface area contributed by atoms with Crippen molar-refractivity contribution in [3.05, 3.63) is 0 Å². The maximum absolute atomic E-state index is 13.0. The largest absolute Gasteiger partial charge is 0.472 e. The van der Waals surface area contributed by atoms with Crippen LogP contribution >= 0.6 is 7.82 Å². The van der Waals surface area contributed by atoms with Crippen LogP contribution < -0.4 is 5.32 Å². The number of unbranched alkanes of at least 4 members (excludes halogenated alkanes) is 46. The highest BCUT2D eigenvalue weighted by Crippen LogP contribution is 2.43. The first-order chi connectivity index (χ1) is 34.0. The normalized spacial score (nSPS) is 13.8. The number of quaternary nitrogens is 1. The Morgan fingerprint density at radius 3 is 0.957 bits per heavy atom. The van der Waals surface area contributed by atoms with Gasteiger partial charge in [0.1, 0.15) is 13.2 Å². The average Bonchev–Trinajstić information content (AvgIpc) is 3.32. The first-order valence-electron chi connectivity index (χ1n) is 31.4. The predicted octanol–water partition coefficient (Wildman–Crippen LogP) is 19.2. The van der Waals surface area contributed by atoms with Gasteiger partial charge in [0.25, 0.3) is 0 Å². The Morgan fingerprint density at radius 2 is 0.686 bits per heavy atom. The molecule has 1 amide bonds. The third-order valence-corrected chi connectivity index (χ3v) is 15.8. The number of likely N-dealkylation sites (N-methyl/N-ethyl adjacent to an activating group) is 1. The molecule has 9 heteroatoms. The van der Waals surface area contributed by atoms with Gasteiger partial charge in [-0.25, -0.2) is 4.57 Å². The van der Waals surface area contributed by atoms with E-state index in [-0.39, 0.29) is 19.1 Å². The number of nitrogens with zero attached hydrogens (tertiary/aromatic N) is 1. The molecule has 0 aromatic rings. The van der Waals surface area contributed by atoms with Crippen LogP contribution in [0.5, 0.6) is 0 Å². The Bertz CT molecular complexity index is 1100. The quantitative estimate of drug-likeness (QED) is 0.0318. The van der Waals surface area contributed by atoms with Crippen LogP contribution in [0.25, 0.3) is 0 Å². The van der Waals surface area contributed by atoms with Crippen LogP contribution in [0.4, 0.5) is 0 Å². The van der Waals surface area contributed by atoms with Crippen LogP contribution in [0.15, 0.2) is 0 Å². The molecule has 3 unspecified atom stereocenters. The summed E-state index contributed by atoms with van der Waals surface area (Å²) in [5.41, 5.74) is 0. The standard InChI is InChI=1S/C61H125N2O6P/c1-6-8-10-12-14-16-18-19-20-21-22-23-24-25-26-27-28-29-30-31-32-33-34-35-36-37-38-39-40-41-42-43-44-45-47-49-51-53-55-61(65)62-59(58-69-70(66,67)68-57-56-63(3,4)5)60(64)54-52-50-48-46-17-15-13-11-9-7-2/h59-60,64H,6-58H2,1-5H3,(H-,62,65,66,67)/p+1. The maximum Gasteiger partial charge on any atom is 0.472 e. The molecule has 8 nitrogen and oxygen atoms in total. The molecule has 0 fully saturated rings. The predicted molar refractivity (Wildman–Crippen MR) is 305 cm³/mol. The number of aliphatic hydroxyl groups excluding tert-OH is 1. The van der Waals surface area contributed by atoms with Crippen molar-refractivity contribution in [1.82, 2.24) is 5.32 Å². The smallest absolute Gasteiger partial charge is 0.391 e. The Kier molecular flexibility index (Phi) is 52.9. The molecule has 0 aromatic heterocycles. The highest BCUT2D eigenvalue weighted by atomic mass is 31.2. The molecule has 0 rings (SSSR count). The van der Waals surface area contributed by atoms with Crippen molar-refractivity contribution in [2.75, 3.05) is 40.9 Å². The van der Waals surface area contributed by atoms with E-state index in [0.29, 0.717) is 23.9 Å². The number of carbonyl (C=O) groups is 1. The van der Waals surface area contributed by atoms with E-state index in [1.54, 1.807) is 0 Å². The average molecular weight is 1010 g/mol. The number of hydrogen-bond donors (Lipinski definition) is 3. The summed E-state index contributed by atoms with van der Waals surface area (Å²) < 4.78 is 23.7. The fraction of sp³-hybridized carbons (Fsp3) is 0.984. The third kappa shape index (κ3) is 55.3. The lowest BCUT2D eigenvalue weighted by Crippen LogP contribution is -2.46. The lowest BCUT2D eigenvalue weighted by molar-refractivity contribution is -0.870. The molecular formula is C61H126N2O6P+. The molecule has 0 radical (unpaired) electrons. The number of phosphoric acid groups is 1. The molecule has 0 aliphatic carbocycles. The first-order valence-corrected chi connectivity index (χ1v) is 32.9. The van der Waals surface area contributed by atoms with E-state index >= 15 is 0 Å². The molecule has 0 aromatic carbocycles. The summed E-state index contributed by atoms with van der Waals surface area (Å²) in [5.74, 6) is -0.138. The van der Waals surface area contributed by atoms with Crippen molar-refractivity contribution in [1.29, 1.82) is 0 Å². The van der Waals surface area contributed by atoms with Gasteiger partial charge < -0.3 is 19.8 Å². The van der Waals surface area contributed by atoms with E-state index in [9.17, 15) is 19.4 Å². The van der Waals surface area contributed by atoms with Crippen LogP contribution in [0, 0.1) is 0 Å². The van der Waals surface area contributed by atoms with Crippen molar-refractivity contribution in [3.63, 3.8) is 0 Å². The molecular weight excluding hydrogens is 888 g/mol. The van der Waals surface area contributed by atoms with E-state index in [1.807, 2.05) is 21.1 Å². The molecule has 420 valence electrons. The summed E-state index contributed by atoms with van der Waals surface area (Å²) in [5, 5.41) is 14.0. The minimum Gasteiger partial charge on any atom is -0.391 e. The zero-order chi connectivity index (χ0) is 51.3. The highest BCUT2D eigenvalue weighted by Gasteiger charge is 2.28. The molecule has 0 aliphatic heterocycles. The van der Waals surface area contributed by atoms with E-state index in [0.717, 1.165) is 38.5 Å². The van der Waals surface area contributed by atoms with E-state index in [1.165, 1.54) is 270 Å². The van der Waals surface area contributed by atoms with Crippen molar-refractivity contribution in [2.24, 2.45) is 0 Å². The highest BCUT2D eigenvalue weighted by molar-refractivity contribution is 7.47. The van der Waals surface area contributed by atoms with E-state index in [4.69, 9.17) is 9.05 Å². The summed E-state index contributed by atoms with van der Waals surface area (Å²) in [6, 6.07) is -0.753. The molecule has 0 aliphatic rings. The monoisotopic (exact) mass is 1010 g/mol. The minimum atomic E-state index is -4.31. The van der Waals surface area contributed by atoms with E-state index < -0.39 is 20.0 Å². The van der Waals surface area contributed by atoms with Gasteiger partial charge in [0.2, 0.25) is 5.91 Å². The number of hydrogen-bond acceptors (Lipinski definition) is 5. The second-order valence-corrected chi connectivity index (χ2v) is 24.6. The van der Waals surface area contributed by atoms with Crippen molar-refractivity contribution in [2.45, 2.75) is 347 Å². The minimum absolute atomic E-state index is 0.0786. The van der Waals surface area contributed by atoms with Crippen LogP contribution in [-0.4, -0.2) is 73.4 Å². The van der Waals surface area contributed by atoms with Crippen molar-refractivity contribution >= 4 is 13.7 Å². The summed E-state index contributed by atoms with van der Waals surface area (Å²) in [7, 11) is 1.63.